The predicted molar refractivity (Wildman–Crippen MR) is 77.8 cm³/mol. The van der Waals surface area contributed by atoms with Gasteiger partial charge in [-0.05, 0) is 39.0 Å². The highest BCUT2D eigenvalue weighted by Gasteiger charge is 2.54. The number of nitrogens with zero attached hydrogens (tertiary/aromatic N) is 1. The van der Waals surface area contributed by atoms with Gasteiger partial charge in [0.15, 0.2) is 0 Å². The number of carbonyl (C=O) groups excluding carboxylic acids is 2. The van der Waals surface area contributed by atoms with Gasteiger partial charge >= 0.3 is 0 Å². The average Bonchev–Trinajstić information content (AvgIpc) is 3.28. The van der Waals surface area contributed by atoms with E-state index in [-0.39, 0.29) is 17.7 Å². The molecule has 21 heavy (non-hydrogen) atoms. The molecule has 6 nitrogen and oxygen atoms in total. The molecule has 1 saturated carbocycles. The molecule has 2 unspecified atom stereocenters. The molecule has 6 heteroatoms. The number of hydrogen-bond donors (Lipinski definition) is 1. The van der Waals surface area contributed by atoms with Gasteiger partial charge in [-0.25, -0.2) is 0 Å². The van der Waals surface area contributed by atoms with Crippen LogP contribution >= 0.6 is 0 Å². The molecule has 2 amide bonds. The standard InChI is InChI=1S/C15H26N2O4/c1-11-13(18)16-15(2,12-5-6-12)14(19)17(11)7-10-21-9-4-8-20-3/h11-12H,4-10H2,1-3H3,(H,16,18). The van der Waals surface area contributed by atoms with Gasteiger partial charge in [-0.15, -0.1) is 0 Å². The molecule has 1 aliphatic carbocycles. The van der Waals surface area contributed by atoms with E-state index in [1.54, 1.807) is 18.9 Å². The van der Waals surface area contributed by atoms with E-state index in [1.807, 2.05) is 6.92 Å². The second kappa shape index (κ2) is 6.75. The highest BCUT2D eigenvalue weighted by molar-refractivity contribution is 5.99. The third kappa shape index (κ3) is 3.55. The molecule has 0 spiro atoms. The molecule has 0 aromatic heterocycles. The van der Waals surface area contributed by atoms with Crippen LogP contribution in [0.5, 0.6) is 0 Å². The molecule has 2 aliphatic rings. The summed E-state index contributed by atoms with van der Waals surface area (Å²) in [6.07, 6.45) is 2.86. The number of methoxy groups -OCH3 is 1. The summed E-state index contributed by atoms with van der Waals surface area (Å²) < 4.78 is 10.5. The summed E-state index contributed by atoms with van der Waals surface area (Å²) in [5, 5.41) is 2.92. The lowest BCUT2D eigenvalue weighted by molar-refractivity contribution is -0.155. The molecule has 120 valence electrons. The molecule has 1 N–H and O–H groups in total. The Morgan fingerprint density at radius 3 is 2.62 bits per heavy atom. The number of piperazine rings is 1. The molecule has 2 atom stereocenters. The largest absolute Gasteiger partial charge is 0.385 e. The third-order valence-electron chi connectivity index (χ3n) is 4.44. The maximum atomic E-state index is 12.7. The molecule has 0 bridgehead atoms. The van der Waals surface area contributed by atoms with Crippen molar-refractivity contribution in [2.45, 2.75) is 44.7 Å². The lowest BCUT2D eigenvalue weighted by Crippen LogP contribution is -2.69. The topological polar surface area (TPSA) is 67.9 Å². The summed E-state index contributed by atoms with van der Waals surface area (Å²) in [6, 6.07) is -0.424. The van der Waals surface area contributed by atoms with Gasteiger partial charge in [0.25, 0.3) is 0 Å². The van der Waals surface area contributed by atoms with Crippen molar-refractivity contribution in [2.24, 2.45) is 5.92 Å². The Bertz CT molecular complexity index is 397. The van der Waals surface area contributed by atoms with Crippen molar-refractivity contribution >= 4 is 11.8 Å². The minimum atomic E-state index is -0.723. The Hall–Kier alpha value is -1.14. The zero-order chi connectivity index (χ0) is 15.5. The minimum absolute atomic E-state index is 0.0255. The number of nitrogens with one attached hydrogen (secondary N) is 1. The van der Waals surface area contributed by atoms with E-state index in [9.17, 15) is 9.59 Å². The first-order valence-corrected chi connectivity index (χ1v) is 7.70. The van der Waals surface area contributed by atoms with Crippen LogP contribution in [0.1, 0.15) is 33.1 Å². The SMILES string of the molecule is COCCCOCCN1C(=O)C(C)(C2CC2)NC(=O)C1C. The van der Waals surface area contributed by atoms with Crippen LogP contribution in [-0.4, -0.2) is 61.8 Å². The summed E-state index contributed by atoms with van der Waals surface area (Å²) in [5.41, 5.74) is -0.723. The van der Waals surface area contributed by atoms with Gasteiger partial charge in [0.1, 0.15) is 11.6 Å². The van der Waals surface area contributed by atoms with E-state index in [1.165, 1.54) is 0 Å². The number of carbonyl (C=O) groups is 2. The van der Waals surface area contributed by atoms with E-state index in [2.05, 4.69) is 5.32 Å². The van der Waals surface area contributed by atoms with Crippen molar-refractivity contribution in [1.29, 1.82) is 0 Å². The van der Waals surface area contributed by atoms with E-state index in [0.29, 0.717) is 26.4 Å². The Morgan fingerprint density at radius 2 is 2.00 bits per heavy atom. The lowest BCUT2D eigenvalue weighted by Gasteiger charge is -2.43. The van der Waals surface area contributed by atoms with Crippen molar-refractivity contribution in [2.75, 3.05) is 33.5 Å². The molecule has 0 radical (unpaired) electrons. The molecule has 0 aromatic rings. The Morgan fingerprint density at radius 1 is 1.29 bits per heavy atom. The van der Waals surface area contributed by atoms with Crippen molar-refractivity contribution in [3.8, 4) is 0 Å². The van der Waals surface area contributed by atoms with Crippen molar-refractivity contribution in [1.82, 2.24) is 10.2 Å². The first-order chi connectivity index (χ1) is 10.0. The zero-order valence-corrected chi connectivity index (χ0v) is 13.2. The molecule has 1 saturated heterocycles. The number of amides is 2. The fourth-order valence-corrected chi connectivity index (χ4v) is 2.83. The fraction of sp³-hybridized carbons (Fsp3) is 0.867. The molecule has 1 aliphatic heterocycles. The smallest absolute Gasteiger partial charge is 0.249 e. The highest BCUT2D eigenvalue weighted by Crippen LogP contribution is 2.42. The molecular weight excluding hydrogens is 272 g/mol. The quantitative estimate of drug-likeness (QED) is 0.665. The maximum Gasteiger partial charge on any atom is 0.249 e. The van der Waals surface area contributed by atoms with Crippen molar-refractivity contribution in [3.63, 3.8) is 0 Å². The van der Waals surface area contributed by atoms with E-state index in [0.717, 1.165) is 19.3 Å². The van der Waals surface area contributed by atoms with Crippen LogP contribution in [-0.2, 0) is 19.1 Å². The van der Waals surface area contributed by atoms with Crippen LogP contribution in [0.15, 0.2) is 0 Å². The molecule has 0 aromatic carbocycles. The second-order valence-corrected chi connectivity index (χ2v) is 6.10. The Labute approximate surface area is 126 Å². The zero-order valence-electron chi connectivity index (χ0n) is 13.2. The number of ether oxygens (including phenoxy) is 2. The minimum Gasteiger partial charge on any atom is -0.385 e. The monoisotopic (exact) mass is 298 g/mol. The van der Waals surface area contributed by atoms with Crippen LogP contribution in [0.4, 0.5) is 0 Å². The summed E-state index contributed by atoms with van der Waals surface area (Å²) in [4.78, 5) is 26.5. The summed E-state index contributed by atoms with van der Waals surface area (Å²) in [6.45, 7) is 5.81. The summed E-state index contributed by atoms with van der Waals surface area (Å²) in [5.74, 6) is 0.243. The van der Waals surface area contributed by atoms with Gasteiger partial charge in [0.2, 0.25) is 11.8 Å². The van der Waals surface area contributed by atoms with Gasteiger partial charge in [-0.2, -0.15) is 0 Å². The first kappa shape index (κ1) is 16.2. The molecule has 2 rings (SSSR count). The lowest BCUT2D eigenvalue weighted by atomic mass is 9.90. The van der Waals surface area contributed by atoms with Crippen molar-refractivity contribution < 1.29 is 19.1 Å². The van der Waals surface area contributed by atoms with Crippen LogP contribution in [0.25, 0.3) is 0 Å². The first-order valence-electron chi connectivity index (χ1n) is 7.70. The predicted octanol–water partition coefficient (Wildman–Crippen LogP) is 0.555. The van der Waals surface area contributed by atoms with Crippen LogP contribution in [0, 0.1) is 5.92 Å². The van der Waals surface area contributed by atoms with Crippen LogP contribution < -0.4 is 5.32 Å². The van der Waals surface area contributed by atoms with Gasteiger partial charge < -0.3 is 19.7 Å². The normalized spacial score (nSPS) is 29.7. The molecular formula is C15H26N2O4. The highest BCUT2D eigenvalue weighted by atomic mass is 16.5. The third-order valence-corrected chi connectivity index (χ3v) is 4.44. The van der Waals surface area contributed by atoms with Gasteiger partial charge in [-0.1, -0.05) is 0 Å². The van der Waals surface area contributed by atoms with E-state index in [4.69, 9.17) is 9.47 Å². The number of hydrogen-bond acceptors (Lipinski definition) is 4. The summed E-state index contributed by atoms with van der Waals surface area (Å²) >= 11 is 0. The van der Waals surface area contributed by atoms with Crippen molar-refractivity contribution in [3.05, 3.63) is 0 Å². The average molecular weight is 298 g/mol. The molecule has 2 fully saturated rings. The Kier molecular flexibility index (Phi) is 5.22. The maximum absolute atomic E-state index is 12.7. The Balaban J connectivity index is 1.87. The van der Waals surface area contributed by atoms with Crippen LogP contribution in [0.2, 0.25) is 0 Å². The van der Waals surface area contributed by atoms with Gasteiger partial charge in [0.05, 0.1) is 6.61 Å². The second-order valence-electron chi connectivity index (χ2n) is 6.10. The van der Waals surface area contributed by atoms with Gasteiger partial charge in [-0.3, -0.25) is 9.59 Å². The fourth-order valence-electron chi connectivity index (χ4n) is 2.83. The van der Waals surface area contributed by atoms with Crippen LogP contribution in [0.3, 0.4) is 0 Å². The van der Waals surface area contributed by atoms with E-state index >= 15 is 0 Å². The van der Waals surface area contributed by atoms with E-state index < -0.39 is 11.6 Å². The molecule has 1 heterocycles. The summed E-state index contributed by atoms with van der Waals surface area (Å²) in [7, 11) is 1.66. The number of rotatable bonds is 8. The van der Waals surface area contributed by atoms with Gasteiger partial charge in [0, 0.05) is 26.9 Å².